The molecular weight excluding hydrogens is 381 g/mol. The minimum atomic E-state index is -6.00. The van der Waals surface area contributed by atoms with Crippen molar-refractivity contribution in [2.75, 3.05) is 0 Å². The quantitative estimate of drug-likeness (QED) is 0.445. The van der Waals surface area contributed by atoms with Gasteiger partial charge in [-0.2, -0.15) is 13.2 Å². The van der Waals surface area contributed by atoms with E-state index in [2.05, 4.69) is 0 Å². The molecule has 0 rings (SSSR count). The van der Waals surface area contributed by atoms with Gasteiger partial charge in [0.1, 0.15) is 0 Å². The third kappa shape index (κ3) is 12000. The van der Waals surface area contributed by atoms with Gasteiger partial charge >= 0.3 is 79.3 Å². The molecule has 0 heterocycles. The molecule has 0 aliphatic rings. The van der Waals surface area contributed by atoms with Crippen molar-refractivity contribution in [2.45, 2.75) is 13.1 Å². The van der Waals surface area contributed by atoms with Crippen molar-refractivity contribution in [3.8, 4) is 0 Å². The van der Waals surface area contributed by atoms with E-state index in [0.717, 1.165) is 0 Å². The van der Waals surface area contributed by atoms with Crippen molar-refractivity contribution >= 4 is 21.8 Å². The zero-order valence-corrected chi connectivity index (χ0v) is 13.0. The molecule has 0 fully saturated rings. The topological polar surface area (TPSA) is 0 Å². The molecule has 0 spiro atoms. The third-order valence-electron chi connectivity index (χ3n) is 0. The second-order valence-electron chi connectivity index (χ2n) is 2.27. The van der Waals surface area contributed by atoms with Crippen LogP contribution < -0.4 is 51.4 Å². The fraction of sp³-hybridized carbons (Fsp3) is 1.00. The number of hydrogen-bond acceptors (Lipinski definition) is 0. The zero-order valence-electron chi connectivity index (χ0n) is 10.9. The Balaban J connectivity index is -0.0000000376. The van der Waals surface area contributed by atoms with Crippen LogP contribution in [0.2, 0.25) is 0 Å². The van der Waals surface area contributed by atoms with E-state index in [1.165, 1.54) is 0 Å². The number of halogens is 15. The fourth-order valence-corrected chi connectivity index (χ4v) is 0. The Morgan fingerprint density at radius 2 is 0.524 bits per heavy atom. The summed E-state index contributed by atoms with van der Waals surface area (Å²) in [4.78, 5) is 0. The monoisotopic (exact) mass is 385 g/mol. The van der Waals surface area contributed by atoms with Crippen molar-refractivity contribution in [2.24, 2.45) is 0 Å². The van der Waals surface area contributed by atoms with Crippen LogP contribution in [-0.4, -0.2) is 27.9 Å². The minimum Gasteiger partial charge on any atom is -1.00 e. The maximum atomic E-state index is 10.4. The van der Waals surface area contributed by atoms with E-state index in [1.807, 2.05) is 0 Å². The van der Waals surface area contributed by atoms with Gasteiger partial charge in [-0.1, -0.05) is 0 Å². The molecule has 0 aromatic carbocycles. The predicted molar refractivity (Wildman–Crippen MR) is 43.4 cm³/mol. The first-order chi connectivity index (χ1) is 8.00. The Bertz CT molecular complexity index is 143. The molecule has 0 nitrogen and oxygen atoms in total. The molecule has 0 aliphatic carbocycles. The molecule has 0 bridgehead atoms. The molecule has 21 heavy (non-hydrogen) atoms. The van der Waals surface area contributed by atoms with E-state index >= 15 is 0 Å². The van der Waals surface area contributed by atoms with Gasteiger partial charge < -0.3 is 53.2 Å². The largest absolute Gasteiger partial charge is 1.00 e. The average molecular weight is 385 g/mol. The SMILES string of the molecule is CC(F)(F)F.F[B-](F)(F)F.F[B-](F)(F)F.F[B-](F)(F)F.[H-].[K+]. The Labute approximate surface area is 152 Å². The second-order valence-corrected chi connectivity index (χ2v) is 2.27. The van der Waals surface area contributed by atoms with Crippen LogP contribution in [0.25, 0.3) is 0 Å². The maximum absolute atomic E-state index is 10.4. The van der Waals surface area contributed by atoms with Gasteiger partial charge in [-0.05, 0) is 0 Å². The molecule has 0 aliphatic heterocycles. The Hall–Kier alpha value is 0.781. The molecule has 0 saturated heterocycles. The summed E-state index contributed by atoms with van der Waals surface area (Å²) >= 11 is 0. The Morgan fingerprint density at radius 3 is 0.524 bits per heavy atom. The van der Waals surface area contributed by atoms with Gasteiger partial charge in [0.15, 0.2) is 0 Å². The van der Waals surface area contributed by atoms with E-state index in [0.29, 0.717) is 0 Å². The van der Waals surface area contributed by atoms with Crippen LogP contribution in [0.15, 0.2) is 0 Å². The zero-order chi connectivity index (χ0) is 18.0. The van der Waals surface area contributed by atoms with Gasteiger partial charge in [0.25, 0.3) is 0 Å². The van der Waals surface area contributed by atoms with Gasteiger partial charge in [-0.15, -0.1) is 0 Å². The molecule has 0 atom stereocenters. The molecule has 0 aromatic rings. The van der Waals surface area contributed by atoms with Crippen LogP contribution in [0.4, 0.5) is 65.0 Å². The molecule has 0 saturated carbocycles. The van der Waals surface area contributed by atoms with E-state index in [9.17, 15) is 65.0 Å². The van der Waals surface area contributed by atoms with Gasteiger partial charge in [0.2, 0.25) is 0 Å². The van der Waals surface area contributed by atoms with Gasteiger partial charge in [-0.25, -0.2) is 0 Å². The summed E-state index contributed by atoms with van der Waals surface area (Å²) in [6.45, 7) is 0.188. The van der Waals surface area contributed by atoms with E-state index in [1.54, 1.807) is 0 Å². The van der Waals surface area contributed by atoms with Crippen LogP contribution in [0, 0.1) is 0 Å². The first-order valence-corrected chi connectivity index (χ1v) is 3.69. The Kier molecular flexibility index (Phi) is 21.1. The van der Waals surface area contributed by atoms with Crippen LogP contribution in [0.5, 0.6) is 0 Å². The van der Waals surface area contributed by atoms with Gasteiger partial charge in [-0.3, -0.25) is 0 Å². The summed E-state index contributed by atoms with van der Waals surface area (Å²) in [6, 6.07) is 0. The summed E-state index contributed by atoms with van der Waals surface area (Å²) in [5, 5.41) is 0. The summed E-state index contributed by atoms with van der Waals surface area (Å²) in [5.74, 6) is 0. The smallest absolute Gasteiger partial charge is 1.00 e. The van der Waals surface area contributed by atoms with Gasteiger partial charge in [0, 0.05) is 6.92 Å². The summed E-state index contributed by atoms with van der Waals surface area (Å²) in [6.07, 6.45) is -4.00. The van der Waals surface area contributed by atoms with E-state index in [-0.39, 0.29) is 59.7 Å². The Morgan fingerprint density at radius 1 is 0.524 bits per heavy atom. The molecule has 0 radical (unpaired) electrons. The molecular formula is C2H4B3F15K-3. The van der Waals surface area contributed by atoms with E-state index < -0.39 is 27.9 Å². The first kappa shape index (κ1) is 33.4. The van der Waals surface area contributed by atoms with Crippen LogP contribution in [-0.2, 0) is 0 Å². The molecule has 0 aromatic heterocycles. The third-order valence-corrected chi connectivity index (χ3v) is 0. The van der Waals surface area contributed by atoms with Gasteiger partial charge in [0.05, 0.1) is 0 Å². The fourth-order valence-electron chi connectivity index (χ4n) is 0. The van der Waals surface area contributed by atoms with Crippen LogP contribution in [0.1, 0.15) is 8.35 Å². The van der Waals surface area contributed by atoms with Crippen molar-refractivity contribution in [1.29, 1.82) is 0 Å². The standard InChI is InChI=1S/C2H3F3.3BF4.K.H/c1-2(3,4)5;3*2-1(3,4)5;;/h1H3;;;;;/q;3*-1;+1;-1. The molecule has 19 heteroatoms. The molecule has 130 valence electrons. The molecule has 0 unspecified atom stereocenters. The second kappa shape index (κ2) is 13.2. The van der Waals surface area contributed by atoms with Crippen molar-refractivity contribution < 1.29 is 118 Å². The van der Waals surface area contributed by atoms with Crippen LogP contribution in [0.3, 0.4) is 0 Å². The number of rotatable bonds is 0. The first-order valence-electron chi connectivity index (χ1n) is 3.69. The number of hydrogen-bond donors (Lipinski definition) is 0. The summed E-state index contributed by atoms with van der Waals surface area (Å²) < 4.78 is 148. The summed E-state index contributed by atoms with van der Waals surface area (Å²) in [7, 11) is -18.0. The predicted octanol–water partition coefficient (Wildman–Crippen LogP) is 2.59. The average Bonchev–Trinajstić information content (AvgIpc) is 1.62. The van der Waals surface area contributed by atoms with Crippen molar-refractivity contribution in [3.05, 3.63) is 0 Å². The molecule has 0 N–H and O–H groups in total. The van der Waals surface area contributed by atoms with Crippen molar-refractivity contribution in [3.63, 3.8) is 0 Å². The van der Waals surface area contributed by atoms with E-state index in [4.69, 9.17) is 0 Å². The molecule has 0 amide bonds. The van der Waals surface area contributed by atoms with Crippen molar-refractivity contribution in [1.82, 2.24) is 0 Å². The number of alkyl halides is 3. The van der Waals surface area contributed by atoms with Crippen LogP contribution >= 0.6 is 0 Å². The normalized spacial score (nSPS) is 11.4. The minimum absolute atomic E-state index is 0. The maximum Gasteiger partial charge on any atom is 1.00 e. The summed E-state index contributed by atoms with van der Waals surface area (Å²) in [5.41, 5.74) is 0.